The SMILES string of the molecule is CC(=O)OC1C[C@H](CI)O[C@H](C(C)(C)C)O1. The fourth-order valence-corrected chi connectivity index (χ4v) is 2.01. The number of alkyl halides is 1. The van der Waals surface area contributed by atoms with Crippen LogP contribution in [0.3, 0.4) is 0 Å². The van der Waals surface area contributed by atoms with Gasteiger partial charge in [0.05, 0.1) is 6.10 Å². The Morgan fingerprint density at radius 2 is 2.06 bits per heavy atom. The Morgan fingerprint density at radius 1 is 1.44 bits per heavy atom. The minimum Gasteiger partial charge on any atom is -0.436 e. The van der Waals surface area contributed by atoms with Crippen LogP contribution in [0.15, 0.2) is 0 Å². The van der Waals surface area contributed by atoms with Crippen LogP contribution in [0.5, 0.6) is 0 Å². The van der Waals surface area contributed by atoms with Gasteiger partial charge in [0.1, 0.15) is 0 Å². The van der Waals surface area contributed by atoms with Gasteiger partial charge >= 0.3 is 5.97 Å². The summed E-state index contributed by atoms with van der Waals surface area (Å²) in [6.45, 7) is 7.51. The second kappa shape index (κ2) is 5.64. The molecular weight excluding hydrogens is 323 g/mol. The average molecular weight is 342 g/mol. The molecule has 1 heterocycles. The maximum atomic E-state index is 10.9. The molecule has 1 saturated heterocycles. The summed E-state index contributed by atoms with van der Waals surface area (Å²) in [7, 11) is 0. The summed E-state index contributed by atoms with van der Waals surface area (Å²) in [6.07, 6.45) is -0.113. The predicted octanol–water partition coefficient (Wildman–Crippen LogP) is 2.49. The largest absolute Gasteiger partial charge is 0.436 e. The highest BCUT2D eigenvalue weighted by Crippen LogP contribution is 2.31. The minimum atomic E-state index is -0.477. The van der Waals surface area contributed by atoms with Gasteiger partial charge in [0, 0.05) is 23.2 Å². The van der Waals surface area contributed by atoms with Gasteiger partial charge in [-0.05, 0) is 0 Å². The maximum absolute atomic E-state index is 10.9. The van der Waals surface area contributed by atoms with Gasteiger partial charge in [-0.25, -0.2) is 0 Å². The van der Waals surface area contributed by atoms with Crippen LogP contribution in [0.25, 0.3) is 0 Å². The van der Waals surface area contributed by atoms with Gasteiger partial charge in [0.25, 0.3) is 0 Å². The third kappa shape index (κ3) is 4.18. The van der Waals surface area contributed by atoms with Gasteiger partial charge in [0.2, 0.25) is 6.29 Å². The van der Waals surface area contributed by atoms with E-state index in [1.54, 1.807) is 0 Å². The van der Waals surface area contributed by atoms with Crippen LogP contribution in [0, 0.1) is 5.41 Å². The highest BCUT2D eigenvalue weighted by Gasteiger charge is 2.37. The Kier molecular flexibility index (Phi) is 5.00. The number of carbonyl (C=O) groups is 1. The molecule has 1 aliphatic heterocycles. The van der Waals surface area contributed by atoms with Crippen LogP contribution in [0.1, 0.15) is 34.1 Å². The van der Waals surface area contributed by atoms with E-state index >= 15 is 0 Å². The van der Waals surface area contributed by atoms with Crippen molar-refractivity contribution in [3.8, 4) is 0 Å². The van der Waals surface area contributed by atoms with Crippen LogP contribution in [0.2, 0.25) is 0 Å². The zero-order valence-corrected chi connectivity index (χ0v) is 12.3. The molecule has 0 bridgehead atoms. The average Bonchev–Trinajstić information content (AvgIpc) is 2.14. The minimum absolute atomic E-state index is 0.0860. The summed E-state index contributed by atoms with van der Waals surface area (Å²) < 4.78 is 17.4. The first kappa shape index (κ1) is 14.2. The van der Waals surface area contributed by atoms with Crippen LogP contribution < -0.4 is 0 Å². The van der Waals surface area contributed by atoms with E-state index in [9.17, 15) is 4.79 Å². The molecular formula is C11H19IO4. The molecule has 0 aromatic carbocycles. The first-order valence-corrected chi connectivity index (χ1v) is 6.89. The second-order valence-electron chi connectivity index (χ2n) is 5.02. The van der Waals surface area contributed by atoms with Crippen LogP contribution in [0.4, 0.5) is 0 Å². The lowest BCUT2D eigenvalue weighted by atomic mass is 9.95. The van der Waals surface area contributed by atoms with Crippen molar-refractivity contribution >= 4 is 28.6 Å². The fourth-order valence-electron chi connectivity index (χ4n) is 1.44. The number of carbonyl (C=O) groups excluding carboxylic acids is 1. The molecule has 1 rings (SSSR count). The lowest BCUT2D eigenvalue weighted by molar-refractivity contribution is -0.320. The van der Waals surface area contributed by atoms with Crippen LogP contribution in [-0.2, 0) is 19.0 Å². The molecule has 0 radical (unpaired) electrons. The van der Waals surface area contributed by atoms with Crippen molar-refractivity contribution < 1.29 is 19.0 Å². The van der Waals surface area contributed by atoms with Gasteiger partial charge in [0.15, 0.2) is 6.29 Å². The van der Waals surface area contributed by atoms with Crippen molar-refractivity contribution in [3.05, 3.63) is 0 Å². The molecule has 3 atom stereocenters. The molecule has 94 valence electrons. The van der Waals surface area contributed by atoms with Gasteiger partial charge in [-0.15, -0.1) is 0 Å². The number of rotatable bonds is 2. The quantitative estimate of drug-likeness (QED) is 0.439. The van der Waals surface area contributed by atoms with E-state index in [2.05, 4.69) is 22.6 Å². The van der Waals surface area contributed by atoms with E-state index < -0.39 is 6.29 Å². The zero-order valence-electron chi connectivity index (χ0n) is 10.2. The number of esters is 1. The normalized spacial score (nSPS) is 31.2. The summed E-state index contributed by atoms with van der Waals surface area (Å²) in [5, 5.41) is 0. The van der Waals surface area contributed by atoms with E-state index in [0.717, 1.165) is 4.43 Å². The Hall–Kier alpha value is 0.120. The first-order valence-electron chi connectivity index (χ1n) is 5.37. The van der Waals surface area contributed by atoms with Gasteiger partial charge in [-0.1, -0.05) is 43.4 Å². The van der Waals surface area contributed by atoms with Crippen molar-refractivity contribution in [1.29, 1.82) is 0 Å². The molecule has 0 aromatic heterocycles. The van der Waals surface area contributed by atoms with Crippen molar-refractivity contribution in [2.24, 2.45) is 5.41 Å². The molecule has 0 aromatic rings. The van der Waals surface area contributed by atoms with E-state index in [4.69, 9.17) is 14.2 Å². The van der Waals surface area contributed by atoms with Gasteiger partial charge in [-0.3, -0.25) is 4.79 Å². The van der Waals surface area contributed by atoms with Gasteiger partial charge in [-0.2, -0.15) is 0 Å². The summed E-state index contributed by atoms with van der Waals surface area (Å²) in [4.78, 5) is 10.9. The Morgan fingerprint density at radius 3 is 2.50 bits per heavy atom. The van der Waals surface area contributed by atoms with Crippen molar-refractivity contribution in [2.75, 3.05) is 4.43 Å². The predicted molar refractivity (Wildman–Crippen MR) is 68.3 cm³/mol. The van der Waals surface area contributed by atoms with Crippen LogP contribution >= 0.6 is 22.6 Å². The summed E-state index contributed by atoms with van der Waals surface area (Å²) in [6, 6.07) is 0. The van der Waals surface area contributed by atoms with Crippen LogP contribution in [-0.4, -0.2) is 29.1 Å². The Labute approximate surface area is 110 Å². The third-order valence-corrected chi connectivity index (χ3v) is 3.21. The molecule has 1 unspecified atom stereocenters. The number of hydrogen-bond acceptors (Lipinski definition) is 4. The molecule has 0 N–H and O–H groups in total. The molecule has 0 amide bonds. The highest BCUT2D eigenvalue weighted by atomic mass is 127. The highest BCUT2D eigenvalue weighted by molar-refractivity contribution is 14.1. The molecule has 0 aliphatic carbocycles. The molecule has 1 aliphatic rings. The third-order valence-electron chi connectivity index (χ3n) is 2.22. The molecule has 16 heavy (non-hydrogen) atoms. The van der Waals surface area contributed by atoms with Gasteiger partial charge < -0.3 is 14.2 Å². The van der Waals surface area contributed by atoms with Crippen molar-refractivity contribution in [2.45, 2.75) is 52.8 Å². The summed E-state index contributed by atoms with van der Waals surface area (Å²) >= 11 is 2.27. The molecule has 1 fully saturated rings. The zero-order chi connectivity index (χ0) is 12.3. The van der Waals surface area contributed by atoms with E-state index in [0.29, 0.717) is 6.42 Å². The number of hydrogen-bond donors (Lipinski definition) is 0. The maximum Gasteiger partial charge on any atom is 0.304 e. The monoisotopic (exact) mass is 342 g/mol. The summed E-state index contributed by atoms with van der Waals surface area (Å²) in [5.41, 5.74) is -0.122. The number of halogens is 1. The Bertz CT molecular complexity index is 249. The standard InChI is InChI=1S/C11H19IO4/c1-7(13)14-9-5-8(6-12)15-10(16-9)11(2,3)4/h8-10H,5-6H2,1-4H3/t8-,9?,10+/m1/s1. The van der Waals surface area contributed by atoms with E-state index in [1.807, 2.05) is 20.8 Å². The molecule has 0 saturated carbocycles. The second-order valence-corrected chi connectivity index (χ2v) is 5.90. The smallest absolute Gasteiger partial charge is 0.304 e. The van der Waals surface area contributed by atoms with E-state index in [-0.39, 0.29) is 23.8 Å². The van der Waals surface area contributed by atoms with Crippen molar-refractivity contribution in [1.82, 2.24) is 0 Å². The Balaban J connectivity index is 2.65. The summed E-state index contributed by atoms with van der Waals surface area (Å²) in [5.74, 6) is -0.313. The van der Waals surface area contributed by atoms with E-state index in [1.165, 1.54) is 6.92 Å². The molecule has 0 spiro atoms. The lowest BCUT2D eigenvalue weighted by Gasteiger charge is -2.40. The molecule has 4 nitrogen and oxygen atoms in total. The van der Waals surface area contributed by atoms with Crippen molar-refractivity contribution in [3.63, 3.8) is 0 Å². The fraction of sp³-hybridized carbons (Fsp3) is 0.909. The number of ether oxygens (including phenoxy) is 3. The first-order chi connectivity index (χ1) is 7.32. The topological polar surface area (TPSA) is 44.8 Å². The lowest BCUT2D eigenvalue weighted by Crippen LogP contribution is -2.46. The molecule has 5 heteroatoms.